The predicted molar refractivity (Wildman–Crippen MR) is 87.8 cm³/mol. The Hall–Kier alpha value is -2.40. The van der Waals surface area contributed by atoms with Crippen LogP contribution in [0.4, 0.5) is 0 Å². The van der Waals surface area contributed by atoms with E-state index < -0.39 is 0 Å². The molecule has 0 atom stereocenters. The topological polar surface area (TPSA) is 75.7 Å². The molecule has 5 nitrogen and oxygen atoms in total. The summed E-state index contributed by atoms with van der Waals surface area (Å²) in [5.41, 5.74) is 3.62. The summed E-state index contributed by atoms with van der Waals surface area (Å²) < 4.78 is 0. The smallest absolute Gasteiger partial charge is 0.197 e. The first-order chi connectivity index (χ1) is 11.2. The molecule has 0 aliphatic rings. The molecule has 0 aliphatic carbocycles. The first kappa shape index (κ1) is 17.0. The van der Waals surface area contributed by atoms with Crippen LogP contribution in [0.1, 0.15) is 5.56 Å². The molecular formula is C16H12ClN3O2S. The molecule has 3 aromatic rings. The number of thioether (sulfide) groups is 1. The van der Waals surface area contributed by atoms with Crippen molar-refractivity contribution in [1.29, 1.82) is 0 Å². The van der Waals surface area contributed by atoms with Crippen LogP contribution >= 0.6 is 23.4 Å². The van der Waals surface area contributed by atoms with Crippen LogP contribution in [0.3, 0.4) is 0 Å². The molecule has 0 saturated carbocycles. The molecule has 2 aromatic carbocycles. The van der Waals surface area contributed by atoms with Crippen LogP contribution in [0, 0.1) is 0 Å². The highest BCUT2D eigenvalue weighted by Gasteiger charge is 2.01. The van der Waals surface area contributed by atoms with Gasteiger partial charge in [-0.15, -0.1) is 5.10 Å². The third kappa shape index (κ3) is 5.38. The van der Waals surface area contributed by atoms with E-state index in [2.05, 4.69) is 39.7 Å². The minimum Gasteiger partial charge on any atom is -0.197 e. The van der Waals surface area contributed by atoms with E-state index in [-0.39, 0.29) is 6.15 Å². The molecule has 0 radical (unpaired) electrons. The second kappa shape index (κ2) is 8.90. The molecule has 0 fully saturated rings. The van der Waals surface area contributed by atoms with Crippen LogP contribution in [0.15, 0.2) is 59.8 Å². The zero-order chi connectivity index (χ0) is 16.5. The number of nitrogens with one attached hydrogen (secondary N) is 1. The average molecular weight is 346 g/mol. The van der Waals surface area contributed by atoms with Crippen molar-refractivity contribution in [3.63, 3.8) is 0 Å². The van der Waals surface area contributed by atoms with Crippen molar-refractivity contribution < 1.29 is 9.59 Å². The summed E-state index contributed by atoms with van der Waals surface area (Å²) in [6, 6.07) is 16.4. The SMILES string of the molecule is Clc1ccc(-c2ccc(CSc3cn[nH]n3)cc2)cc1.O=C=O. The van der Waals surface area contributed by atoms with Gasteiger partial charge in [0.1, 0.15) is 5.03 Å². The number of aromatic nitrogens is 3. The molecule has 3 rings (SSSR count). The monoisotopic (exact) mass is 345 g/mol. The summed E-state index contributed by atoms with van der Waals surface area (Å²) in [7, 11) is 0. The molecule has 0 unspecified atom stereocenters. The summed E-state index contributed by atoms with van der Waals surface area (Å²) in [5, 5.41) is 12.1. The number of aromatic amines is 1. The predicted octanol–water partition coefficient (Wildman–Crippen LogP) is 3.83. The second-order valence-electron chi connectivity index (χ2n) is 4.38. The first-order valence-corrected chi connectivity index (χ1v) is 7.92. The largest absolute Gasteiger partial charge is 0.373 e. The van der Waals surface area contributed by atoms with E-state index in [4.69, 9.17) is 21.2 Å². The molecule has 1 N–H and O–H groups in total. The molecule has 0 aliphatic heterocycles. The normalized spacial score (nSPS) is 9.61. The Morgan fingerprint density at radius 1 is 1.00 bits per heavy atom. The van der Waals surface area contributed by atoms with E-state index in [9.17, 15) is 0 Å². The van der Waals surface area contributed by atoms with Crippen molar-refractivity contribution in [1.82, 2.24) is 15.4 Å². The quantitative estimate of drug-likeness (QED) is 0.727. The lowest BCUT2D eigenvalue weighted by molar-refractivity contribution is -0.191. The van der Waals surface area contributed by atoms with Gasteiger partial charge in [0.25, 0.3) is 0 Å². The lowest BCUT2D eigenvalue weighted by Crippen LogP contribution is -1.83. The van der Waals surface area contributed by atoms with Crippen LogP contribution in [0.25, 0.3) is 11.1 Å². The average Bonchev–Trinajstić information content (AvgIpc) is 3.08. The molecule has 0 saturated heterocycles. The summed E-state index contributed by atoms with van der Waals surface area (Å²) in [5.74, 6) is 0.882. The van der Waals surface area contributed by atoms with Crippen LogP contribution in [0.5, 0.6) is 0 Å². The lowest BCUT2D eigenvalue weighted by atomic mass is 10.0. The number of halogens is 1. The van der Waals surface area contributed by atoms with E-state index in [1.807, 2.05) is 24.3 Å². The van der Waals surface area contributed by atoms with Crippen molar-refractivity contribution in [2.24, 2.45) is 0 Å². The summed E-state index contributed by atoms with van der Waals surface area (Å²) in [4.78, 5) is 16.2. The van der Waals surface area contributed by atoms with Gasteiger partial charge in [0.15, 0.2) is 0 Å². The van der Waals surface area contributed by atoms with E-state index in [1.54, 1.807) is 18.0 Å². The summed E-state index contributed by atoms with van der Waals surface area (Å²) >= 11 is 7.56. The fraction of sp³-hybridized carbons (Fsp3) is 0.0625. The molecule has 7 heteroatoms. The van der Waals surface area contributed by atoms with Gasteiger partial charge >= 0.3 is 6.15 Å². The number of benzene rings is 2. The maximum atomic E-state index is 8.12. The Morgan fingerprint density at radius 2 is 1.57 bits per heavy atom. The Labute approximate surface area is 142 Å². The second-order valence-corrected chi connectivity index (χ2v) is 5.82. The van der Waals surface area contributed by atoms with E-state index >= 15 is 0 Å². The highest BCUT2D eigenvalue weighted by atomic mass is 35.5. The highest BCUT2D eigenvalue weighted by molar-refractivity contribution is 7.98. The van der Waals surface area contributed by atoms with Gasteiger partial charge in [-0.05, 0) is 28.8 Å². The van der Waals surface area contributed by atoms with Gasteiger partial charge in [0, 0.05) is 10.8 Å². The minimum atomic E-state index is 0.250. The van der Waals surface area contributed by atoms with Gasteiger partial charge in [0.2, 0.25) is 0 Å². The molecule has 0 spiro atoms. The lowest BCUT2D eigenvalue weighted by Gasteiger charge is -2.04. The van der Waals surface area contributed by atoms with Crippen LogP contribution < -0.4 is 0 Å². The number of nitrogens with zero attached hydrogens (tertiary/aromatic N) is 2. The Bertz CT molecular complexity index is 753. The van der Waals surface area contributed by atoms with Crippen molar-refractivity contribution in [2.45, 2.75) is 10.8 Å². The summed E-state index contributed by atoms with van der Waals surface area (Å²) in [6.45, 7) is 0. The van der Waals surface area contributed by atoms with E-state index in [1.165, 1.54) is 16.7 Å². The maximum Gasteiger partial charge on any atom is 0.373 e. The van der Waals surface area contributed by atoms with Crippen molar-refractivity contribution in [3.05, 3.63) is 65.3 Å². The highest BCUT2D eigenvalue weighted by Crippen LogP contribution is 2.24. The Balaban J connectivity index is 0.000000595. The molecule has 0 amide bonds. The summed E-state index contributed by atoms with van der Waals surface area (Å²) in [6.07, 6.45) is 1.98. The standard InChI is InChI=1S/C15H12ClN3S.CO2/c16-14-7-5-13(6-8-14)12-3-1-11(2-4-12)10-20-15-9-17-19-18-15;2-1-3/h1-9H,10H2,(H,17,18,19);. The molecule has 0 bridgehead atoms. The molecule has 23 heavy (non-hydrogen) atoms. The van der Waals surface area contributed by atoms with Crippen LogP contribution in [-0.2, 0) is 15.3 Å². The van der Waals surface area contributed by atoms with Crippen LogP contribution in [0.2, 0.25) is 5.02 Å². The van der Waals surface area contributed by atoms with Gasteiger partial charge in [-0.2, -0.15) is 19.9 Å². The van der Waals surface area contributed by atoms with Gasteiger partial charge in [-0.3, -0.25) is 0 Å². The Morgan fingerprint density at radius 3 is 2.09 bits per heavy atom. The van der Waals surface area contributed by atoms with Gasteiger partial charge < -0.3 is 0 Å². The number of hydrogen-bond acceptors (Lipinski definition) is 5. The molecule has 1 aromatic heterocycles. The van der Waals surface area contributed by atoms with E-state index in [0.717, 1.165) is 15.8 Å². The van der Waals surface area contributed by atoms with Gasteiger partial charge in [-0.25, -0.2) is 0 Å². The molecule has 1 heterocycles. The molecule has 116 valence electrons. The van der Waals surface area contributed by atoms with Crippen molar-refractivity contribution in [3.8, 4) is 11.1 Å². The first-order valence-electron chi connectivity index (χ1n) is 6.55. The third-order valence-electron chi connectivity index (χ3n) is 2.91. The van der Waals surface area contributed by atoms with E-state index in [0.29, 0.717) is 0 Å². The molecular weight excluding hydrogens is 334 g/mol. The number of hydrogen-bond donors (Lipinski definition) is 1. The fourth-order valence-corrected chi connectivity index (χ4v) is 2.72. The number of H-pyrrole nitrogens is 1. The zero-order valence-electron chi connectivity index (χ0n) is 11.9. The van der Waals surface area contributed by atoms with Crippen molar-refractivity contribution >= 4 is 29.5 Å². The fourth-order valence-electron chi connectivity index (χ4n) is 1.85. The number of rotatable bonds is 4. The minimum absolute atomic E-state index is 0.250. The third-order valence-corrected chi connectivity index (χ3v) is 4.13. The van der Waals surface area contributed by atoms with Crippen LogP contribution in [-0.4, -0.2) is 21.6 Å². The Kier molecular flexibility index (Phi) is 6.56. The zero-order valence-corrected chi connectivity index (χ0v) is 13.5. The van der Waals surface area contributed by atoms with Crippen molar-refractivity contribution in [2.75, 3.05) is 0 Å². The maximum absolute atomic E-state index is 8.12. The van der Waals surface area contributed by atoms with Gasteiger partial charge in [0.05, 0.1) is 6.20 Å². The number of carbonyl (C=O) groups excluding carboxylic acids is 2. The van der Waals surface area contributed by atoms with Gasteiger partial charge in [-0.1, -0.05) is 59.8 Å².